The van der Waals surface area contributed by atoms with Gasteiger partial charge in [0.1, 0.15) is 0 Å². The highest BCUT2D eigenvalue weighted by Gasteiger charge is 2.05. The van der Waals surface area contributed by atoms with E-state index >= 15 is 0 Å². The van der Waals surface area contributed by atoms with Crippen molar-refractivity contribution in [3.05, 3.63) is 55.1 Å². The zero-order chi connectivity index (χ0) is 11.5. The molecule has 0 saturated carbocycles. The summed E-state index contributed by atoms with van der Waals surface area (Å²) in [5.41, 5.74) is 3.86. The Kier molecular flexibility index (Phi) is 2.38. The first kappa shape index (κ1) is 9.72. The third kappa shape index (κ3) is 1.92. The first-order valence-corrected chi connectivity index (χ1v) is 5.30. The van der Waals surface area contributed by atoms with Gasteiger partial charge in [-0.05, 0) is 30.3 Å². The lowest BCUT2D eigenvalue weighted by Gasteiger charge is -1.93. The average molecular weight is 222 g/mol. The summed E-state index contributed by atoms with van der Waals surface area (Å²) in [5.74, 6) is 0. The normalized spacial score (nSPS) is 10.4. The van der Waals surface area contributed by atoms with E-state index in [1.807, 2.05) is 30.3 Å². The van der Waals surface area contributed by atoms with E-state index in [-0.39, 0.29) is 0 Å². The van der Waals surface area contributed by atoms with Gasteiger partial charge in [-0.15, -0.1) is 0 Å². The quantitative estimate of drug-likeness (QED) is 0.724. The van der Waals surface area contributed by atoms with Gasteiger partial charge in [0.15, 0.2) is 0 Å². The molecule has 0 fully saturated rings. The van der Waals surface area contributed by atoms with E-state index < -0.39 is 0 Å². The molecule has 0 unspecified atom stereocenters. The van der Waals surface area contributed by atoms with Crippen LogP contribution in [0.1, 0.15) is 0 Å². The number of aromatic amines is 1. The second-order valence-corrected chi connectivity index (χ2v) is 3.65. The van der Waals surface area contributed by atoms with Gasteiger partial charge in [-0.25, -0.2) is 0 Å². The molecule has 3 aromatic heterocycles. The van der Waals surface area contributed by atoms with Crippen LogP contribution in [-0.2, 0) is 0 Å². The Morgan fingerprint density at radius 3 is 2.24 bits per heavy atom. The zero-order valence-electron chi connectivity index (χ0n) is 9.04. The van der Waals surface area contributed by atoms with Gasteiger partial charge in [0.05, 0.1) is 11.4 Å². The molecule has 0 spiro atoms. The summed E-state index contributed by atoms with van der Waals surface area (Å²) in [6.45, 7) is 0. The van der Waals surface area contributed by atoms with E-state index in [4.69, 9.17) is 0 Å². The largest absolute Gasteiger partial charge is 0.277 e. The van der Waals surface area contributed by atoms with Gasteiger partial charge in [-0.2, -0.15) is 5.10 Å². The molecule has 0 amide bonds. The molecule has 0 aliphatic heterocycles. The van der Waals surface area contributed by atoms with Gasteiger partial charge in [0.2, 0.25) is 0 Å². The van der Waals surface area contributed by atoms with Gasteiger partial charge in [0, 0.05) is 35.9 Å². The molecule has 17 heavy (non-hydrogen) atoms. The van der Waals surface area contributed by atoms with Crippen LogP contribution in [0, 0.1) is 0 Å². The number of hydrogen-bond acceptors (Lipinski definition) is 3. The fraction of sp³-hybridized carbons (Fsp3) is 0. The van der Waals surface area contributed by atoms with Crippen molar-refractivity contribution in [2.75, 3.05) is 0 Å². The van der Waals surface area contributed by atoms with Crippen LogP contribution >= 0.6 is 0 Å². The Morgan fingerprint density at radius 2 is 1.59 bits per heavy atom. The number of H-pyrrole nitrogens is 1. The Hall–Kier alpha value is -2.49. The predicted octanol–water partition coefficient (Wildman–Crippen LogP) is 2.53. The molecule has 3 aromatic rings. The van der Waals surface area contributed by atoms with E-state index in [2.05, 4.69) is 20.2 Å². The smallest absolute Gasteiger partial charge is 0.0942 e. The first-order valence-electron chi connectivity index (χ1n) is 5.30. The molecular weight excluding hydrogens is 212 g/mol. The Bertz CT molecular complexity index is 548. The van der Waals surface area contributed by atoms with Crippen molar-refractivity contribution in [3.63, 3.8) is 0 Å². The van der Waals surface area contributed by atoms with E-state index in [9.17, 15) is 0 Å². The second kappa shape index (κ2) is 4.17. The third-order valence-electron chi connectivity index (χ3n) is 2.51. The highest BCUT2D eigenvalue weighted by molar-refractivity contribution is 5.66. The minimum Gasteiger partial charge on any atom is -0.277 e. The van der Waals surface area contributed by atoms with Crippen LogP contribution in [0.4, 0.5) is 0 Å². The van der Waals surface area contributed by atoms with Crippen LogP contribution in [0.5, 0.6) is 0 Å². The summed E-state index contributed by atoms with van der Waals surface area (Å²) in [4.78, 5) is 8.16. The van der Waals surface area contributed by atoms with Crippen molar-refractivity contribution in [2.45, 2.75) is 0 Å². The number of pyridine rings is 2. The predicted molar refractivity (Wildman–Crippen MR) is 65.0 cm³/mol. The van der Waals surface area contributed by atoms with E-state index in [1.165, 1.54) is 0 Å². The maximum absolute atomic E-state index is 4.27. The molecule has 82 valence electrons. The van der Waals surface area contributed by atoms with Crippen molar-refractivity contribution in [1.82, 2.24) is 20.2 Å². The maximum atomic E-state index is 4.27. The topological polar surface area (TPSA) is 54.5 Å². The van der Waals surface area contributed by atoms with Gasteiger partial charge < -0.3 is 0 Å². The third-order valence-corrected chi connectivity index (χ3v) is 2.51. The number of rotatable bonds is 2. The summed E-state index contributed by atoms with van der Waals surface area (Å²) in [5, 5.41) is 7.27. The standard InChI is InChI=1S/C13H10N4/c1-3-10(8-14-5-1)12-7-13(17-16-12)11-4-2-6-15-9-11/h1-9H,(H,16,17). The monoisotopic (exact) mass is 222 g/mol. The van der Waals surface area contributed by atoms with Gasteiger partial charge >= 0.3 is 0 Å². The molecular formula is C13H10N4. The minimum absolute atomic E-state index is 0.886. The molecule has 0 saturated heterocycles. The van der Waals surface area contributed by atoms with Gasteiger partial charge in [-0.3, -0.25) is 15.1 Å². The highest BCUT2D eigenvalue weighted by atomic mass is 15.1. The second-order valence-electron chi connectivity index (χ2n) is 3.65. The lowest BCUT2D eigenvalue weighted by atomic mass is 10.1. The van der Waals surface area contributed by atoms with Crippen LogP contribution < -0.4 is 0 Å². The van der Waals surface area contributed by atoms with Crippen molar-refractivity contribution >= 4 is 0 Å². The SMILES string of the molecule is c1cncc(-c2cc(-c3cccnc3)[nH]n2)c1. The lowest BCUT2D eigenvalue weighted by Crippen LogP contribution is -1.78. The number of hydrogen-bond donors (Lipinski definition) is 1. The molecule has 0 radical (unpaired) electrons. The maximum Gasteiger partial charge on any atom is 0.0942 e. The van der Waals surface area contributed by atoms with Crippen LogP contribution in [0.3, 0.4) is 0 Å². The molecule has 4 heteroatoms. The van der Waals surface area contributed by atoms with E-state index in [0.717, 1.165) is 22.5 Å². The summed E-state index contributed by atoms with van der Waals surface area (Å²) >= 11 is 0. The number of nitrogens with zero attached hydrogens (tertiary/aromatic N) is 3. The van der Waals surface area contributed by atoms with Crippen LogP contribution in [0.2, 0.25) is 0 Å². The fourth-order valence-electron chi connectivity index (χ4n) is 1.65. The number of nitrogens with one attached hydrogen (secondary N) is 1. The summed E-state index contributed by atoms with van der Waals surface area (Å²) < 4.78 is 0. The molecule has 0 atom stereocenters. The number of aromatic nitrogens is 4. The van der Waals surface area contributed by atoms with Gasteiger partial charge in [-0.1, -0.05) is 0 Å². The minimum atomic E-state index is 0.886. The zero-order valence-corrected chi connectivity index (χ0v) is 9.04. The Morgan fingerprint density at radius 1 is 0.882 bits per heavy atom. The van der Waals surface area contributed by atoms with Crippen LogP contribution in [0.15, 0.2) is 55.1 Å². The molecule has 0 bridgehead atoms. The molecule has 0 aliphatic rings. The summed E-state index contributed by atoms with van der Waals surface area (Å²) in [7, 11) is 0. The lowest BCUT2D eigenvalue weighted by molar-refractivity contribution is 1.09. The van der Waals surface area contributed by atoms with Crippen molar-refractivity contribution in [2.24, 2.45) is 0 Å². The fourth-order valence-corrected chi connectivity index (χ4v) is 1.65. The van der Waals surface area contributed by atoms with Crippen molar-refractivity contribution in [3.8, 4) is 22.5 Å². The van der Waals surface area contributed by atoms with E-state index in [1.54, 1.807) is 24.8 Å². The first-order chi connectivity index (χ1) is 8.43. The van der Waals surface area contributed by atoms with E-state index in [0.29, 0.717) is 0 Å². The van der Waals surface area contributed by atoms with Crippen LogP contribution in [-0.4, -0.2) is 20.2 Å². The Balaban J connectivity index is 1.99. The van der Waals surface area contributed by atoms with Crippen molar-refractivity contribution in [1.29, 1.82) is 0 Å². The molecule has 3 heterocycles. The summed E-state index contributed by atoms with van der Waals surface area (Å²) in [6.07, 6.45) is 7.10. The molecule has 1 N–H and O–H groups in total. The van der Waals surface area contributed by atoms with Crippen LogP contribution in [0.25, 0.3) is 22.5 Å². The average Bonchev–Trinajstić information content (AvgIpc) is 2.90. The molecule has 4 nitrogen and oxygen atoms in total. The van der Waals surface area contributed by atoms with Crippen molar-refractivity contribution < 1.29 is 0 Å². The highest BCUT2D eigenvalue weighted by Crippen LogP contribution is 2.22. The molecule has 0 aromatic carbocycles. The molecule has 0 aliphatic carbocycles. The van der Waals surface area contributed by atoms with Gasteiger partial charge in [0.25, 0.3) is 0 Å². The summed E-state index contributed by atoms with van der Waals surface area (Å²) in [6, 6.07) is 9.77. The Labute approximate surface area is 98.4 Å². The molecule has 3 rings (SSSR count).